The molecule has 2 aromatic rings. The number of fused-ring (bicyclic) bond motifs is 1. The predicted molar refractivity (Wildman–Crippen MR) is 132 cm³/mol. The maximum Gasteiger partial charge on any atom is 0.334 e. The number of benzene rings is 2. The van der Waals surface area contributed by atoms with Gasteiger partial charge in [-0.1, -0.05) is 30.8 Å². The van der Waals surface area contributed by atoms with Gasteiger partial charge in [0, 0.05) is 25.8 Å². The quantitative estimate of drug-likeness (QED) is 0.587. The largest absolute Gasteiger partial charge is 0.497 e. The summed E-state index contributed by atoms with van der Waals surface area (Å²) in [6.07, 6.45) is -1.10. The topological polar surface area (TPSA) is 106 Å². The van der Waals surface area contributed by atoms with Gasteiger partial charge in [0.05, 0.1) is 32.7 Å². The van der Waals surface area contributed by atoms with E-state index in [2.05, 4.69) is 11.9 Å². The number of hydrogen-bond acceptors (Lipinski definition) is 6. The molecule has 0 aliphatic carbocycles. The van der Waals surface area contributed by atoms with Gasteiger partial charge in [0.1, 0.15) is 17.7 Å². The molecule has 2 atom stereocenters. The number of hydrogen-bond donors (Lipinski definition) is 2. The normalized spacial score (nSPS) is 20.0. The summed E-state index contributed by atoms with van der Waals surface area (Å²) < 4.78 is 18.5. The summed E-state index contributed by atoms with van der Waals surface area (Å²) in [7, 11) is 3.22. The van der Waals surface area contributed by atoms with Crippen LogP contribution < -0.4 is 10.1 Å². The number of halogens is 1. The third-order valence-electron chi connectivity index (χ3n) is 6.60. The number of nitrogens with zero attached hydrogens (tertiary/aromatic N) is 4. The van der Waals surface area contributed by atoms with Crippen LogP contribution in [0.4, 0.5) is 9.18 Å². The van der Waals surface area contributed by atoms with Gasteiger partial charge in [-0.15, -0.1) is 0 Å². The van der Waals surface area contributed by atoms with E-state index in [-0.39, 0.29) is 37.8 Å². The van der Waals surface area contributed by atoms with E-state index in [9.17, 15) is 23.9 Å². The smallest absolute Gasteiger partial charge is 0.334 e. The lowest BCUT2D eigenvalue weighted by molar-refractivity contribution is -0.176. The van der Waals surface area contributed by atoms with Crippen LogP contribution >= 0.6 is 0 Å². The second-order valence-electron chi connectivity index (χ2n) is 9.06. The van der Waals surface area contributed by atoms with E-state index in [1.54, 1.807) is 26.3 Å². The van der Waals surface area contributed by atoms with Crippen molar-refractivity contribution in [2.75, 3.05) is 27.2 Å². The van der Waals surface area contributed by atoms with Crippen LogP contribution in [0.5, 0.6) is 5.75 Å². The summed E-state index contributed by atoms with van der Waals surface area (Å²) in [5.74, 6) is -1.02. The molecule has 0 radical (unpaired) electrons. The molecule has 0 bridgehead atoms. The van der Waals surface area contributed by atoms with E-state index >= 15 is 0 Å². The molecule has 0 spiro atoms. The van der Waals surface area contributed by atoms with Crippen molar-refractivity contribution in [3.05, 3.63) is 77.8 Å². The number of carboxylic acids is 1. The summed E-state index contributed by atoms with van der Waals surface area (Å²) in [4.78, 5) is 41.6. The van der Waals surface area contributed by atoms with Gasteiger partial charge in [-0.3, -0.25) is 9.59 Å². The Balaban J connectivity index is 1.59. The zero-order chi connectivity index (χ0) is 26.7. The number of nitrogens with one attached hydrogen (secondary N) is 1. The Labute approximate surface area is 214 Å². The fourth-order valence-electron chi connectivity index (χ4n) is 4.75. The molecule has 11 heteroatoms. The van der Waals surface area contributed by atoms with Crippen molar-refractivity contribution in [2.24, 2.45) is 0 Å². The van der Waals surface area contributed by atoms with Crippen molar-refractivity contribution in [3.8, 4) is 5.75 Å². The number of carbonyl (C=O) groups excluding carboxylic acids is 2. The number of rotatable bonds is 7. The van der Waals surface area contributed by atoms with Crippen molar-refractivity contribution < 1.29 is 28.6 Å². The number of amides is 3. The second kappa shape index (κ2) is 10.9. The Bertz CT molecular complexity index is 1170. The number of carbonyl (C=O) groups is 3. The molecular formula is C26H30FN5O5. The second-order valence-corrected chi connectivity index (χ2v) is 9.06. The Morgan fingerprint density at radius 2 is 1.78 bits per heavy atom. The molecule has 2 heterocycles. The maximum absolute atomic E-state index is 13.3. The molecule has 37 heavy (non-hydrogen) atoms. The van der Waals surface area contributed by atoms with E-state index in [0.717, 1.165) is 5.56 Å². The monoisotopic (exact) mass is 511 g/mol. The van der Waals surface area contributed by atoms with Gasteiger partial charge in [-0.2, -0.15) is 0 Å². The minimum absolute atomic E-state index is 0.0949. The molecular weight excluding hydrogens is 481 g/mol. The van der Waals surface area contributed by atoms with Crippen LogP contribution in [0.15, 0.2) is 60.8 Å². The minimum Gasteiger partial charge on any atom is -0.497 e. The molecule has 0 saturated carbocycles. The first-order valence-electron chi connectivity index (χ1n) is 11.8. The average molecular weight is 512 g/mol. The van der Waals surface area contributed by atoms with E-state index < -0.39 is 24.2 Å². The van der Waals surface area contributed by atoms with E-state index in [1.165, 1.54) is 27.1 Å². The van der Waals surface area contributed by atoms with Crippen molar-refractivity contribution in [1.82, 2.24) is 25.1 Å². The number of urea groups is 1. The molecule has 0 aromatic heterocycles. The van der Waals surface area contributed by atoms with Gasteiger partial charge in [-0.25, -0.2) is 19.2 Å². The zero-order valence-electron chi connectivity index (χ0n) is 20.8. The SMILES string of the molecule is C=C1[C@H](CC(=O)O)N2C(=O)CN(C)N(C(=O)NCc3ccc(F)cc3)[C@H]2CN1Cc1ccc(OC)cc1. The van der Waals surface area contributed by atoms with Crippen molar-refractivity contribution in [3.63, 3.8) is 0 Å². The minimum atomic E-state index is -1.07. The van der Waals surface area contributed by atoms with E-state index in [0.29, 0.717) is 23.6 Å². The fourth-order valence-corrected chi connectivity index (χ4v) is 4.75. The van der Waals surface area contributed by atoms with Gasteiger partial charge >= 0.3 is 12.0 Å². The molecule has 3 amide bonds. The third-order valence-corrected chi connectivity index (χ3v) is 6.60. The van der Waals surface area contributed by atoms with Gasteiger partial charge in [0.25, 0.3) is 0 Å². The van der Waals surface area contributed by atoms with Crippen LogP contribution in [0.1, 0.15) is 17.5 Å². The van der Waals surface area contributed by atoms with Crippen LogP contribution in [-0.2, 0) is 22.7 Å². The van der Waals surface area contributed by atoms with Gasteiger partial charge in [0.2, 0.25) is 5.91 Å². The summed E-state index contributed by atoms with van der Waals surface area (Å²) in [6, 6.07) is 12.0. The Morgan fingerprint density at radius 1 is 1.14 bits per heavy atom. The van der Waals surface area contributed by atoms with Crippen molar-refractivity contribution >= 4 is 17.9 Å². The molecule has 196 valence electrons. The van der Waals surface area contributed by atoms with Gasteiger partial charge in [-0.05, 0) is 35.4 Å². The molecule has 2 aliphatic heterocycles. The van der Waals surface area contributed by atoms with E-state index in [4.69, 9.17) is 4.74 Å². The molecule has 2 fully saturated rings. The highest BCUT2D eigenvalue weighted by Crippen LogP contribution is 2.32. The Morgan fingerprint density at radius 3 is 2.41 bits per heavy atom. The number of piperazine rings is 1. The molecule has 4 rings (SSSR count). The molecule has 2 N–H and O–H groups in total. The zero-order valence-corrected chi connectivity index (χ0v) is 20.8. The molecule has 2 aromatic carbocycles. The van der Waals surface area contributed by atoms with Crippen LogP contribution in [0.25, 0.3) is 0 Å². The lowest BCUT2D eigenvalue weighted by Gasteiger charge is -2.56. The van der Waals surface area contributed by atoms with Gasteiger partial charge in [0.15, 0.2) is 0 Å². The number of likely N-dealkylation sites (N-methyl/N-ethyl adjacent to an activating group) is 1. The predicted octanol–water partition coefficient (Wildman–Crippen LogP) is 2.23. The molecule has 2 saturated heterocycles. The average Bonchev–Trinajstić information content (AvgIpc) is 2.86. The molecule has 10 nitrogen and oxygen atoms in total. The summed E-state index contributed by atoms with van der Waals surface area (Å²) in [6.45, 7) is 4.85. The van der Waals surface area contributed by atoms with Crippen molar-refractivity contribution in [2.45, 2.75) is 31.7 Å². The molecule has 2 aliphatic rings. The third kappa shape index (κ3) is 5.67. The Hall–Kier alpha value is -4.12. The first-order chi connectivity index (χ1) is 17.7. The van der Waals surface area contributed by atoms with Crippen LogP contribution in [0.3, 0.4) is 0 Å². The first-order valence-corrected chi connectivity index (χ1v) is 11.8. The van der Waals surface area contributed by atoms with Crippen LogP contribution in [-0.4, -0.2) is 82.3 Å². The van der Waals surface area contributed by atoms with Crippen LogP contribution in [0, 0.1) is 5.82 Å². The lowest BCUT2D eigenvalue weighted by Crippen LogP contribution is -2.74. The lowest BCUT2D eigenvalue weighted by atomic mass is 10.0. The highest BCUT2D eigenvalue weighted by atomic mass is 19.1. The van der Waals surface area contributed by atoms with Gasteiger partial charge < -0.3 is 25.0 Å². The molecule has 0 unspecified atom stereocenters. The number of carboxylic acid groups (broad SMARTS) is 1. The van der Waals surface area contributed by atoms with E-state index in [1.807, 2.05) is 29.2 Å². The summed E-state index contributed by atoms with van der Waals surface area (Å²) >= 11 is 0. The number of ether oxygens (including phenoxy) is 1. The standard InChI is InChI=1S/C26H30FN5O5/c1-17-22(12-25(34)35)31-23(15-30(17)14-19-6-10-21(37-3)11-7-19)32(29(2)16-24(31)33)26(36)28-13-18-4-8-20(27)9-5-18/h4-11,22-23H,1,12-16H2,2-3H3,(H,28,36)(H,34,35)/t22-,23-/m0/s1. The van der Waals surface area contributed by atoms with Crippen molar-refractivity contribution in [1.29, 1.82) is 0 Å². The summed E-state index contributed by atoms with van der Waals surface area (Å²) in [5.41, 5.74) is 2.15. The highest BCUT2D eigenvalue weighted by Gasteiger charge is 2.49. The summed E-state index contributed by atoms with van der Waals surface area (Å²) in [5, 5.41) is 15.4. The number of aliphatic carboxylic acids is 1. The first kappa shape index (κ1) is 26.0. The number of hydrazine groups is 1. The Kier molecular flexibility index (Phi) is 7.63. The maximum atomic E-state index is 13.3. The fraction of sp³-hybridized carbons (Fsp3) is 0.346. The van der Waals surface area contributed by atoms with Crippen LogP contribution in [0.2, 0.25) is 0 Å². The highest BCUT2D eigenvalue weighted by molar-refractivity contribution is 5.84. The number of methoxy groups -OCH3 is 1.